The van der Waals surface area contributed by atoms with Gasteiger partial charge < -0.3 is 5.11 Å². The first-order chi connectivity index (χ1) is 8.95. The van der Waals surface area contributed by atoms with Crippen LogP contribution in [0.2, 0.25) is 0 Å². The quantitative estimate of drug-likeness (QED) is 0.924. The Kier molecular flexibility index (Phi) is 3.66. The molecule has 2 aromatic rings. The summed E-state index contributed by atoms with van der Waals surface area (Å²) < 4.78 is 28.2. The van der Waals surface area contributed by atoms with E-state index in [-0.39, 0.29) is 5.56 Å². The number of halogens is 2. The van der Waals surface area contributed by atoms with Crippen molar-refractivity contribution in [2.24, 2.45) is 0 Å². The van der Waals surface area contributed by atoms with Crippen molar-refractivity contribution >= 4 is 0 Å². The number of hydrogen-bond donors (Lipinski definition) is 1. The van der Waals surface area contributed by atoms with Crippen molar-refractivity contribution in [3.63, 3.8) is 0 Å². The maximum atomic E-state index is 13.3. The Balaban J connectivity index is 2.48. The molecule has 0 aliphatic carbocycles. The standard InChI is InChI=1S/C14H16F2N2O/c1-3-6-18-13(4-5-17-18)14(2,19)10-7-11(15)9-12(16)8-10/h4-5,7-9,19H,3,6H2,1-2H3. The van der Waals surface area contributed by atoms with Crippen LogP contribution in [0.25, 0.3) is 0 Å². The van der Waals surface area contributed by atoms with Crippen LogP contribution in [0.1, 0.15) is 31.5 Å². The van der Waals surface area contributed by atoms with Crippen molar-refractivity contribution in [2.75, 3.05) is 0 Å². The van der Waals surface area contributed by atoms with Crippen molar-refractivity contribution in [3.8, 4) is 0 Å². The fraction of sp³-hybridized carbons (Fsp3) is 0.357. The van der Waals surface area contributed by atoms with Crippen LogP contribution in [0.4, 0.5) is 8.78 Å². The average molecular weight is 266 g/mol. The maximum Gasteiger partial charge on any atom is 0.128 e. The minimum atomic E-state index is -1.49. The highest BCUT2D eigenvalue weighted by atomic mass is 19.1. The number of nitrogens with zero attached hydrogens (tertiary/aromatic N) is 2. The lowest BCUT2D eigenvalue weighted by molar-refractivity contribution is 0.0906. The summed E-state index contributed by atoms with van der Waals surface area (Å²) in [7, 11) is 0. The van der Waals surface area contributed by atoms with Crippen molar-refractivity contribution in [1.82, 2.24) is 9.78 Å². The van der Waals surface area contributed by atoms with E-state index in [1.807, 2.05) is 6.92 Å². The highest BCUT2D eigenvalue weighted by Gasteiger charge is 2.30. The van der Waals surface area contributed by atoms with Crippen LogP contribution in [-0.4, -0.2) is 14.9 Å². The maximum absolute atomic E-state index is 13.3. The molecule has 1 aromatic carbocycles. The molecule has 0 aliphatic rings. The Morgan fingerprint density at radius 3 is 2.47 bits per heavy atom. The summed E-state index contributed by atoms with van der Waals surface area (Å²) in [5.74, 6) is -1.42. The first-order valence-corrected chi connectivity index (χ1v) is 6.16. The summed E-state index contributed by atoms with van der Waals surface area (Å²) in [5, 5.41) is 14.7. The number of aromatic nitrogens is 2. The van der Waals surface area contributed by atoms with E-state index in [0.29, 0.717) is 12.2 Å². The van der Waals surface area contributed by atoms with E-state index in [4.69, 9.17) is 0 Å². The first-order valence-electron chi connectivity index (χ1n) is 6.16. The minimum Gasteiger partial charge on any atom is -0.379 e. The van der Waals surface area contributed by atoms with E-state index in [9.17, 15) is 13.9 Å². The number of benzene rings is 1. The monoisotopic (exact) mass is 266 g/mol. The number of rotatable bonds is 4. The molecule has 0 aliphatic heterocycles. The van der Waals surface area contributed by atoms with E-state index in [1.165, 1.54) is 6.92 Å². The molecule has 3 nitrogen and oxygen atoms in total. The van der Waals surface area contributed by atoms with E-state index in [2.05, 4.69) is 5.10 Å². The molecule has 2 rings (SSSR count). The van der Waals surface area contributed by atoms with Gasteiger partial charge in [0.05, 0.1) is 5.69 Å². The molecule has 0 saturated carbocycles. The molecule has 0 spiro atoms. The largest absolute Gasteiger partial charge is 0.379 e. The highest BCUT2D eigenvalue weighted by Crippen LogP contribution is 2.30. The fourth-order valence-corrected chi connectivity index (χ4v) is 2.12. The van der Waals surface area contributed by atoms with Gasteiger partial charge in [-0.3, -0.25) is 4.68 Å². The third-order valence-corrected chi connectivity index (χ3v) is 3.08. The molecule has 0 amide bonds. The van der Waals surface area contributed by atoms with Gasteiger partial charge in [-0.1, -0.05) is 6.92 Å². The highest BCUT2D eigenvalue weighted by molar-refractivity contribution is 5.32. The van der Waals surface area contributed by atoms with E-state index >= 15 is 0 Å². The van der Waals surface area contributed by atoms with Gasteiger partial charge in [0, 0.05) is 18.8 Å². The Morgan fingerprint density at radius 1 is 1.26 bits per heavy atom. The van der Waals surface area contributed by atoms with Crippen LogP contribution in [0.15, 0.2) is 30.5 Å². The van der Waals surface area contributed by atoms with Crippen molar-refractivity contribution in [1.29, 1.82) is 0 Å². The van der Waals surface area contributed by atoms with Crippen LogP contribution in [0, 0.1) is 11.6 Å². The molecule has 5 heteroatoms. The molecular weight excluding hydrogens is 250 g/mol. The molecule has 1 unspecified atom stereocenters. The van der Waals surface area contributed by atoms with Gasteiger partial charge >= 0.3 is 0 Å². The number of aryl methyl sites for hydroxylation is 1. The zero-order chi connectivity index (χ0) is 14.0. The summed E-state index contributed by atoms with van der Waals surface area (Å²) in [5.41, 5.74) is -0.809. The molecule has 19 heavy (non-hydrogen) atoms. The molecule has 0 bridgehead atoms. The molecule has 102 valence electrons. The Labute approximate surface area is 110 Å². The molecular formula is C14H16F2N2O. The second kappa shape index (κ2) is 5.09. The van der Waals surface area contributed by atoms with Gasteiger partial charge in [-0.05, 0) is 37.1 Å². The molecule has 1 atom stereocenters. The lowest BCUT2D eigenvalue weighted by atomic mass is 9.92. The van der Waals surface area contributed by atoms with Gasteiger partial charge in [-0.2, -0.15) is 5.10 Å². The number of aliphatic hydroxyl groups is 1. The van der Waals surface area contributed by atoms with Crippen LogP contribution in [0.5, 0.6) is 0 Å². The molecule has 0 radical (unpaired) electrons. The third kappa shape index (κ3) is 2.66. The van der Waals surface area contributed by atoms with Crippen molar-refractivity contribution < 1.29 is 13.9 Å². The van der Waals surface area contributed by atoms with E-state index in [0.717, 1.165) is 24.6 Å². The first kappa shape index (κ1) is 13.7. The molecule has 1 heterocycles. The topological polar surface area (TPSA) is 38.0 Å². The average Bonchev–Trinajstić information content (AvgIpc) is 2.77. The number of hydrogen-bond acceptors (Lipinski definition) is 2. The second-order valence-corrected chi connectivity index (χ2v) is 4.67. The van der Waals surface area contributed by atoms with Crippen molar-refractivity contribution in [3.05, 3.63) is 53.4 Å². The summed E-state index contributed by atoms with van der Waals surface area (Å²) in [6.45, 7) is 4.13. The summed E-state index contributed by atoms with van der Waals surface area (Å²) >= 11 is 0. The summed E-state index contributed by atoms with van der Waals surface area (Å²) in [4.78, 5) is 0. The SMILES string of the molecule is CCCn1nccc1C(C)(O)c1cc(F)cc(F)c1. The lowest BCUT2D eigenvalue weighted by Crippen LogP contribution is -2.27. The lowest BCUT2D eigenvalue weighted by Gasteiger charge is -2.25. The predicted octanol–water partition coefficient (Wildman–Crippen LogP) is 2.83. The fourth-order valence-electron chi connectivity index (χ4n) is 2.12. The van der Waals surface area contributed by atoms with Crippen molar-refractivity contribution in [2.45, 2.75) is 32.4 Å². The third-order valence-electron chi connectivity index (χ3n) is 3.08. The summed E-state index contributed by atoms with van der Waals surface area (Å²) in [6.07, 6.45) is 2.41. The predicted molar refractivity (Wildman–Crippen MR) is 67.5 cm³/mol. The van der Waals surface area contributed by atoms with Gasteiger partial charge in [0.1, 0.15) is 17.2 Å². The van der Waals surface area contributed by atoms with Gasteiger partial charge in [-0.15, -0.1) is 0 Å². The van der Waals surface area contributed by atoms with Crippen LogP contribution in [-0.2, 0) is 12.1 Å². The Bertz CT molecular complexity index is 558. The second-order valence-electron chi connectivity index (χ2n) is 4.67. The minimum absolute atomic E-state index is 0.169. The van der Waals surface area contributed by atoms with Gasteiger partial charge in [0.2, 0.25) is 0 Å². The van der Waals surface area contributed by atoms with Crippen LogP contribution >= 0.6 is 0 Å². The van der Waals surface area contributed by atoms with Gasteiger partial charge in [0.25, 0.3) is 0 Å². The van der Waals surface area contributed by atoms with E-state index < -0.39 is 17.2 Å². The zero-order valence-electron chi connectivity index (χ0n) is 10.9. The molecule has 1 N–H and O–H groups in total. The smallest absolute Gasteiger partial charge is 0.128 e. The Morgan fingerprint density at radius 2 is 1.89 bits per heavy atom. The molecule has 0 saturated heterocycles. The van der Waals surface area contributed by atoms with Crippen LogP contribution < -0.4 is 0 Å². The normalized spacial score (nSPS) is 14.4. The van der Waals surface area contributed by atoms with Crippen LogP contribution in [0.3, 0.4) is 0 Å². The summed E-state index contributed by atoms with van der Waals surface area (Å²) in [6, 6.07) is 4.69. The van der Waals surface area contributed by atoms with E-state index in [1.54, 1.807) is 16.9 Å². The molecule has 1 aromatic heterocycles. The molecule has 0 fully saturated rings. The van der Waals surface area contributed by atoms with Gasteiger partial charge in [-0.25, -0.2) is 8.78 Å². The Hall–Kier alpha value is -1.75. The zero-order valence-corrected chi connectivity index (χ0v) is 10.9. The van der Waals surface area contributed by atoms with Gasteiger partial charge in [0.15, 0.2) is 0 Å².